The van der Waals surface area contributed by atoms with Crippen molar-refractivity contribution in [2.24, 2.45) is 0 Å². The molecule has 0 aliphatic carbocycles. The quantitative estimate of drug-likeness (QED) is 0.653. The van der Waals surface area contributed by atoms with E-state index in [4.69, 9.17) is 5.11 Å². The van der Waals surface area contributed by atoms with Crippen molar-refractivity contribution in [2.75, 3.05) is 29.9 Å². The lowest BCUT2D eigenvalue weighted by Crippen LogP contribution is -2.38. The highest BCUT2D eigenvalue weighted by Crippen LogP contribution is 2.20. The van der Waals surface area contributed by atoms with Crippen LogP contribution in [0.3, 0.4) is 0 Å². The van der Waals surface area contributed by atoms with E-state index in [0.29, 0.717) is 18.8 Å². The third kappa shape index (κ3) is 3.39. The molecule has 108 valence electrons. The van der Waals surface area contributed by atoms with E-state index in [0.717, 1.165) is 5.69 Å². The Labute approximate surface area is 117 Å². The summed E-state index contributed by atoms with van der Waals surface area (Å²) in [4.78, 5) is 24.8. The minimum absolute atomic E-state index is 0.124. The first-order chi connectivity index (χ1) is 9.60. The molecule has 0 saturated carbocycles. The van der Waals surface area contributed by atoms with Gasteiger partial charge in [0.05, 0.1) is 12.6 Å². The molecule has 1 aromatic carbocycles. The molecule has 1 aliphatic heterocycles. The van der Waals surface area contributed by atoms with Gasteiger partial charge in [0.2, 0.25) is 0 Å². The number of aliphatic hydroxyl groups is 1. The van der Waals surface area contributed by atoms with Gasteiger partial charge >= 0.3 is 12.1 Å². The van der Waals surface area contributed by atoms with Crippen molar-refractivity contribution in [3.63, 3.8) is 0 Å². The first-order valence-corrected chi connectivity index (χ1v) is 6.44. The van der Waals surface area contributed by atoms with Crippen molar-refractivity contribution in [2.45, 2.75) is 13.0 Å². The molecule has 1 saturated heterocycles. The van der Waals surface area contributed by atoms with Gasteiger partial charge in [0.25, 0.3) is 0 Å². The number of carbonyl (C=O) groups excluding carboxylic acids is 2. The molecular formula is C13H18N4O3. The van der Waals surface area contributed by atoms with Crippen LogP contribution in [0, 0.1) is 0 Å². The zero-order valence-corrected chi connectivity index (χ0v) is 11.2. The first-order valence-electron chi connectivity index (χ1n) is 6.44. The second kappa shape index (κ2) is 6.25. The SMILES string of the molecule is CC(CO)NC(=O)Nc1cccc(N2CCNC2=O)c1. The van der Waals surface area contributed by atoms with Gasteiger partial charge in [-0.3, -0.25) is 4.90 Å². The van der Waals surface area contributed by atoms with Crippen LogP contribution in [0.25, 0.3) is 0 Å². The van der Waals surface area contributed by atoms with Crippen LogP contribution in [-0.2, 0) is 0 Å². The standard InChI is InChI=1S/C13H18N4O3/c1-9(8-18)15-12(19)16-10-3-2-4-11(7-10)17-6-5-14-13(17)20/h2-4,7,9,18H,5-6,8H2,1H3,(H,14,20)(H2,15,16,19). The number of aliphatic hydroxyl groups excluding tert-OH is 1. The molecule has 1 unspecified atom stereocenters. The summed E-state index contributed by atoms with van der Waals surface area (Å²) in [6, 6.07) is 6.20. The van der Waals surface area contributed by atoms with E-state index in [1.807, 2.05) is 6.07 Å². The number of carbonyl (C=O) groups is 2. The lowest BCUT2D eigenvalue weighted by Gasteiger charge is -2.16. The summed E-state index contributed by atoms with van der Waals surface area (Å²) in [6.07, 6.45) is 0. The minimum atomic E-state index is -0.394. The van der Waals surface area contributed by atoms with Gasteiger partial charge in [-0.25, -0.2) is 9.59 Å². The van der Waals surface area contributed by atoms with Gasteiger partial charge < -0.3 is 21.1 Å². The number of anilines is 2. The fourth-order valence-corrected chi connectivity index (χ4v) is 1.91. The molecular weight excluding hydrogens is 260 g/mol. The van der Waals surface area contributed by atoms with E-state index < -0.39 is 6.03 Å². The Morgan fingerprint density at radius 3 is 3.00 bits per heavy atom. The normalized spacial score (nSPS) is 15.7. The van der Waals surface area contributed by atoms with Crippen LogP contribution in [0.4, 0.5) is 21.0 Å². The zero-order valence-electron chi connectivity index (χ0n) is 11.2. The van der Waals surface area contributed by atoms with E-state index in [1.165, 1.54) is 0 Å². The maximum atomic E-state index is 11.7. The van der Waals surface area contributed by atoms with Crippen LogP contribution in [0.5, 0.6) is 0 Å². The van der Waals surface area contributed by atoms with Gasteiger partial charge in [-0.2, -0.15) is 0 Å². The largest absolute Gasteiger partial charge is 0.394 e. The molecule has 4 N–H and O–H groups in total. The van der Waals surface area contributed by atoms with Crippen LogP contribution >= 0.6 is 0 Å². The molecule has 4 amide bonds. The zero-order chi connectivity index (χ0) is 14.5. The number of hydrogen-bond acceptors (Lipinski definition) is 3. The smallest absolute Gasteiger partial charge is 0.321 e. The molecule has 2 rings (SSSR count). The second-order valence-corrected chi connectivity index (χ2v) is 4.62. The average Bonchev–Trinajstić information content (AvgIpc) is 2.85. The minimum Gasteiger partial charge on any atom is -0.394 e. The number of nitrogens with zero attached hydrogens (tertiary/aromatic N) is 1. The van der Waals surface area contributed by atoms with Crippen molar-refractivity contribution in [1.82, 2.24) is 10.6 Å². The number of rotatable bonds is 4. The van der Waals surface area contributed by atoms with E-state index in [9.17, 15) is 9.59 Å². The summed E-state index contributed by atoms with van der Waals surface area (Å²) in [5, 5.41) is 16.8. The van der Waals surface area contributed by atoms with Crippen LogP contribution < -0.4 is 20.9 Å². The predicted octanol–water partition coefficient (Wildman–Crippen LogP) is 0.718. The predicted molar refractivity (Wildman–Crippen MR) is 75.9 cm³/mol. The van der Waals surface area contributed by atoms with Gasteiger partial charge in [0.1, 0.15) is 0 Å². The average molecular weight is 278 g/mol. The summed E-state index contributed by atoms with van der Waals surface area (Å²) >= 11 is 0. The molecule has 1 heterocycles. The van der Waals surface area contributed by atoms with E-state index in [1.54, 1.807) is 30.0 Å². The number of urea groups is 2. The summed E-state index contributed by atoms with van der Waals surface area (Å²) in [7, 11) is 0. The van der Waals surface area contributed by atoms with Crippen LogP contribution in [0.15, 0.2) is 24.3 Å². The highest BCUT2D eigenvalue weighted by atomic mass is 16.3. The fourth-order valence-electron chi connectivity index (χ4n) is 1.91. The van der Waals surface area contributed by atoms with Crippen LogP contribution in [0.2, 0.25) is 0 Å². The molecule has 1 atom stereocenters. The Morgan fingerprint density at radius 2 is 2.35 bits per heavy atom. The molecule has 7 heteroatoms. The van der Waals surface area contributed by atoms with Crippen molar-refractivity contribution in [1.29, 1.82) is 0 Å². The van der Waals surface area contributed by atoms with Gasteiger partial charge in [0.15, 0.2) is 0 Å². The maximum Gasteiger partial charge on any atom is 0.321 e. The lowest BCUT2D eigenvalue weighted by atomic mass is 10.2. The highest BCUT2D eigenvalue weighted by Gasteiger charge is 2.21. The molecule has 0 spiro atoms. The number of nitrogens with one attached hydrogen (secondary N) is 3. The van der Waals surface area contributed by atoms with Crippen molar-refractivity contribution in [3.8, 4) is 0 Å². The van der Waals surface area contributed by atoms with E-state index in [2.05, 4.69) is 16.0 Å². The van der Waals surface area contributed by atoms with Crippen molar-refractivity contribution in [3.05, 3.63) is 24.3 Å². The summed E-state index contributed by atoms with van der Waals surface area (Å²) in [5.74, 6) is 0. The van der Waals surface area contributed by atoms with Crippen LogP contribution in [-0.4, -0.2) is 42.9 Å². The second-order valence-electron chi connectivity index (χ2n) is 4.62. The molecule has 0 aromatic heterocycles. The Morgan fingerprint density at radius 1 is 1.55 bits per heavy atom. The third-order valence-electron chi connectivity index (χ3n) is 2.92. The fraction of sp³-hybridized carbons (Fsp3) is 0.385. The number of amides is 4. The van der Waals surface area contributed by atoms with Gasteiger partial charge in [-0.1, -0.05) is 6.07 Å². The molecule has 0 bridgehead atoms. The summed E-state index contributed by atoms with van der Waals surface area (Å²) in [6.45, 7) is 2.80. The van der Waals surface area contributed by atoms with Gasteiger partial charge in [-0.05, 0) is 25.1 Å². The Balaban J connectivity index is 2.02. The number of benzene rings is 1. The monoisotopic (exact) mass is 278 g/mol. The third-order valence-corrected chi connectivity index (χ3v) is 2.92. The van der Waals surface area contributed by atoms with Crippen LogP contribution in [0.1, 0.15) is 6.92 Å². The maximum absolute atomic E-state index is 11.7. The molecule has 1 aromatic rings. The molecule has 7 nitrogen and oxygen atoms in total. The lowest BCUT2D eigenvalue weighted by molar-refractivity contribution is 0.229. The van der Waals surface area contributed by atoms with E-state index in [-0.39, 0.29) is 18.7 Å². The van der Waals surface area contributed by atoms with Crippen molar-refractivity contribution < 1.29 is 14.7 Å². The summed E-state index contributed by atoms with van der Waals surface area (Å²) < 4.78 is 0. The Hall–Kier alpha value is -2.28. The topological polar surface area (TPSA) is 93.7 Å². The Kier molecular flexibility index (Phi) is 4.41. The molecule has 1 aliphatic rings. The number of hydrogen-bond donors (Lipinski definition) is 4. The van der Waals surface area contributed by atoms with Gasteiger partial charge in [-0.15, -0.1) is 0 Å². The first kappa shape index (κ1) is 14.1. The molecule has 20 heavy (non-hydrogen) atoms. The van der Waals surface area contributed by atoms with E-state index >= 15 is 0 Å². The highest BCUT2D eigenvalue weighted by molar-refractivity contribution is 5.95. The van der Waals surface area contributed by atoms with Gasteiger partial charge in [0, 0.05) is 24.5 Å². The molecule has 0 radical (unpaired) electrons. The Bertz CT molecular complexity index is 506. The molecule has 1 fully saturated rings. The summed E-state index contributed by atoms with van der Waals surface area (Å²) in [5.41, 5.74) is 1.32. The van der Waals surface area contributed by atoms with Crippen molar-refractivity contribution >= 4 is 23.4 Å².